The molecule has 0 amide bonds. The monoisotopic (exact) mass is 293 g/mol. The van der Waals surface area contributed by atoms with Crippen molar-refractivity contribution in [2.75, 3.05) is 0 Å². The van der Waals surface area contributed by atoms with Crippen LogP contribution in [0.25, 0.3) is 0 Å². The molecule has 0 radical (unpaired) electrons. The lowest BCUT2D eigenvalue weighted by atomic mass is 9.88. The second-order valence-corrected chi connectivity index (χ2v) is 5.51. The third-order valence-electron chi connectivity index (χ3n) is 3.59. The van der Waals surface area contributed by atoms with E-state index >= 15 is 0 Å². The van der Waals surface area contributed by atoms with Crippen LogP contribution >= 0.6 is 0 Å². The zero-order valence-corrected chi connectivity index (χ0v) is 12.8. The van der Waals surface area contributed by atoms with Crippen molar-refractivity contribution in [1.29, 1.82) is 5.26 Å². The molecule has 0 heterocycles. The van der Waals surface area contributed by atoms with Gasteiger partial charge in [-0.1, -0.05) is 62.4 Å². The molecule has 0 saturated heterocycles. The molecule has 2 aromatic rings. The van der Waals surface area contributed by atoms with Crippen LogP contribution in [-0.2, 0) is 16.1 Å². The molecule has 1 atom stereocenters. The highest BCUT2D eigenvalue weighted by Crippen LogP contribution is 2.26. The molecule has 0 spiro atoms. The Kier molecular flexibility index (Phi) is 5.32. The van der Waals surface area contributed by atoms with E-state index in [1.54, 1.807) is 18.2 Å². The molecule has 3 nitrogen and oxygen atoms in total. The Morgan fingerprint density at radius 2 is 1.73 bits per heavy atom. The van der Waals surface area contributed by atoms with Gasteiger partial charge < -0.3 is 4.74 Å². The number of esters is 1. The summed E-state index contributed by atoms with van der Waals surface area (Å²) in [5.74, 6) is -0.412. The SMILES string of the molecule is CC(C)C(C(=O)OCc1ccccc1C#N)c1ccccc1. The molecule has 0 aromatic heterocycles. The molecule has 22 heavy (non-hydrogen) atoms. The zero-order valence-electron chi connectivity index (χ0n) is 12.8. The lowest BCUT2D eigenvalue weighted by Crippen LogP contribution is -2.21. The number of carbonyl (C=O) groups is 1. The van der Waals surface area contributed by atoms with Gasteiger partial charge in [-0.3, -0.25) is 4.79 Å². The summed E-state index contributed by atoms with van der Waals surface area (Å²) < 4.78 is 5.46. The summed E-state index contributed by atoms with van der Waals surface area (Å²) in [5.41, 5.74) is 2.22. The first-order chi connectivity index (χ1) is 10.6. The van der Waals surface area contributed by atoms with Crippen LogP contribution in [0.1, 0.15) is 36.5 Å². The van der Waals surface area contributed by atoms with Crippen LogP contribution < -0.4 is 0 Å². The van der Waals surface area contributed by atoms with Crippen molar-refractivity contribution in [3.05, 3.63) is 71.3 Å². The minimum atomic E-state index is -0.296. The maximum atomic E-state index is 12.5. The normalized spacial score (nSPS) is 11.7. The number of nitriles is 1. The minimum Gasteiger partial charge on any atom is -0.460 e. The average molecular weight is 293 g/mol. The third-order valence-corrected chi connectivity index (χ3v) is 3.59. The molecule has 2 rings (SSSR count). The molecule has 0 aliphatic carbocycles. The van der Waals surface area contributed by atoms with Gasteiger partial charge in [-0.2, -0.15) is 5.26 Å². The van der Waals surface area contributed by atoms with Crippen molar-refractivity contribution in [3.8, 4) is 6.07 Å². The maximum absolute atomic E-state index is 12.5. The summed E-state index contributed by atoms with van der Waals surface area (Å²) in [6.07, 6.45) is 0. The second kappa shape index (κ2) is 7.42. The predicted molar refractivity (Wildman–Crippen MR) is 85.0 cm³/mol. The number of carbonyl (C=O) groups excluding carboxylic acids is 1. The molecule has 3 heteroatoms. The van der Waals surface area contributed by atoms with Crippen molar-refractivity contribution >= 4 is 5.97 Å². The molecular formula is C19H19NO2. The fourth-order valence-corrected chi connectivity index (χ4v) is 2.45. The van der Waals surface area contributed by atoms with Crippen LogP contribution in [0.2, 0.25) is 0 Å². The Labute approximate surface area is 131 Å². The van der Waals surface area contributed by atoms with Crippen LogP contribution in [-0.4, -0.2) is 5.97 Å². The summed E-state index contributed by atoms with van der Waals surface area (Å²) >= 11 is 0. The molecule has 0 N–H and O–H groups in total. The van der Waals surface area contributed by atoms with E-state index in [1.807, 2.05) is 50.2 Å². The highest BCUT2D eigenvalue weighted by molar-refractivity contribution is 5.78. The highest BCUT2D eigenvalue weighted by atomic mass is 16.5. The van der Waals surface area contributed by atoms with Crippen molar-refractivity contribution < 1.29 is 9.53 Å². The van der Waals surface area contributed by atoms with Crippen LogP contribution in [0.4, 0.5) is 0 Å². The molecular weight excluding hydrogens is 274 g/mol. The molecule has 112 valence electrons. The lowest BCUT2D eigenvalue weighted by Gasteiger charge is -2.20. The minimum absolute atomic E-state index is 0.124. The third kappa shape index (κ3) is 3.73. The van der Waals surface area contributed by atoms with Crippen molar-refractivity contribution in [3.63, 3.8) is 0 Å². The molecule has 0 fully saturated rings. The lowest BCUT2D eigenvalue weighted by molar-refractivity contribution is -0.148. The van der Waals surface area contributed by atoms with Crippen molar-refractivity contribution in [2.45, 2.75) is 26.4 Å². The smallest absolute Gasteiger partial charge is 0.314 e. The molecule has 1 unspecified atom stereocenters. The van der Waals surface area contributed by atoms with Gasteiger partial charge in [-0.05, 0) is 17.5 Å². The Balaban J connectivity index is 2.11. The van der Waals surface area contributed by atoms with Gasteiger partial charge in [0.05, 0.1) is 17.6 Å². The van der Waals surface area contributed by atoms with Crippen molar-refractivity contribution in [1.82, 2.24) is 0 Å². The predicted octanol–water partition coefficient (Wildman–Crippen LogP) is 4.04. The number of ether oxygens (including phenoxy) is 1. The van der Waals surface area contributed by atoms with E-state index in [0.29, 0.717) is 5.56 Å². The fourth-order valence-electron chi connectivity index (χ4n) is 2.45. The first-order valence-corrected chi connectivity index (χ1v) is 7.33. The second-order valence-electron chi connectivity index (χ2n) is 5.51. The van der Waals surface area contributed by atoms with Gasteiger partial charge in [0.25, 0.3) is 0 Å². The van der Waals surface area contributed by atoms with E-state index in [2.05, 4.69) is 6.07 Å². The molecule has 0 aliphatic heterocycles. The van der Waals surface area contributed by atoms with Gasteiger partial charge in [0.1, 0.15) is 6.61 Å². The van der Waals surface area contributed by atoms with Crippen LogP contribution in [0.5, 0.6) is 0 Å². The number of hydrogen-bond donors (Lipinski definition) is 0. The Morgan fingerprint density at radius 1 is 1.09 bits per heavy atom. The number of hydrogen-bond acceptors (Lipinski definition) is 3. The van der Waals surface area contributed by atoms with Gasteiger partial charge >= 0.3 is 5.97 Å². The van der Waals surface area contributed by atoms with Gasteiger partial charge in [0.2, 0.25) is 0 Å². The molecule has 0 bridgehead atoms. The van der Waals surface area contributed by atoms with Crippen LogP contribution in [0.3, 0.4) is 0 Å². The molecule has 0 aliphatic rings. The average Bonchev–Trinajstić information content (AvgIpc) is 2.54. The summed E-state index contributed by atoms with van der Waals surface area (Å²) in [6, 6.07) is 18.9. The van der Waals surface area contributed by atoms with Crippen LogP contribution in [0, 0.1) is 17.2 Å². The van der Waals surface area contributed by atoms with Gasteiger partial charge in [-0.15, -0.1) is 0 Å². The Hall–Kier alpha value is -2.60. The highest BCUT2D eigenvalue weighted by Gasteiger charge is 2.25. The Bertz CT molecular complexity index is 671. The first kappa shape index (κ1) is 15.8. The van der Waals surface area contributed by atoms with E-state index in [9.17, 15) is 4.79 Å². The first-order valence-electron chi connectivity index (χ1n) is 7.33. The summed E-state index contributed by atoms with van der Waals surface area (Å²) in [6.45, 7) is 4.13. The zero-order chi connectivity index (χ0) is 15.9. The maximum Gasteiger partial charge on any atom is 0.314 e. The van der Waals surface area contributed by atoms with Gasteiger partial charge in [0.15, 0.2) is 0 Å². The molecule has 2 aromatic carbocycles. The Morgan fingerprint density at radius 3 is 2.36 bits per heavy atom. The fraction of sp³-hybridized carbons (Fsp3) is 0.263. The van der Waals surface area contributed by atoms with Gasteiger partial charge in [0, 0.05) is 5.56 Å². The van der Waals surface area contributed by atoms with E-state index in [4.69, 9.17) is 10.00 Å². The molecule has 0 saturated carbocycles. The quantitative estimate of drug-likeness (QED) is 0.782. The summed E-state index contributed by atoms with van der Waals surface area (Å²) in [4.78, 5) is 12.5. The van der Waals surface area contributed by atoms with Crippen molar-refractivity contribution in [2.24, 2.45) is 5.92 Å². The van der Waals surface area contributed by atoms with Crippen LogP contribution in [0.15, 0.2) is 54.6 Å². The standard InChI is InChI=1S/C19H19NO2/c1-14(2)18(15-8-4-3-5-9-15)19(21)22-13-17-11-7-6-10-16(17)12-20/h3-11,14,18H,13H2,1-2H3. The number of rotatable bonds is 5. The van der Waals surface area contributed by atoms with E-state index in [0.717, 1.165) is 11.1 Å². The topological polar surface area (TPSA) is 50.1 Å². The van der Waals surface area contributed by atoms with E-state index in [-0.39, 0.29) is 24.4 Å². The summed E-state index contributed by atoms with van der Waals surface area (Å²) in [5, 5.41) is 9.07. The number of nitrogens with zero attached hydrogens (tertiary/aromatic N) is 1. The summed E-state index contributed by atoms with van der Waals surface area (Å²) in [7, 11) is 0. The van der Waals surface area contributed by atoms with E-state index < -0.39 is 0 Å². The van der Waals surface area contributed by atoms with E-state index in [1.165, 1.54) is 0 Å². The van der Waals surface area contributed by atoms with Gasteiger partial charge in [-0.25, -0.2) is 0 Å². The number of benzene rings is 2. The largest absolute Gasteiger partial charge is 0.460 e.